The summed E-state index contributed by atoms with van der Waals surface area (Å²) in [6.45, 7) is 0. The van der Waals surface area contributed by atoms with Crippen LogP contribution in [0.4, 0.5) is 5.69 Å². The van der Waals surface area contributed by atoms with Gasteiger partial charge in [-0.25, -0.2) is 0 Å². The maximum Gasteiger partial charge on any atom is 0.128 e. The van der Waals surface area contributed by atoms with Gasteiger partial charge in [-0.05, 0) is 23.6 Å². The molecule has 68 valence electrons. The van der Waals surface area contributed by atoms with Gasteiger partial charge >= 0.3 is 0 Å². The lowest BCUT2D eigenvalue weighted by Gasteiger charge is -1.99. The second kappa shape index (κ2) is 3.64. The minimum atomic E-state index is 0. The largest absolute Gasteiger partial charge is 1.00 e. The fourth-order valence-electron chi connectivity index (χ4n) is 1.30. The highest BCUT2D eigenvalue weighted by molar-refractivity contribution is 5.89. The Morgan fingerprint density at radius 1 is 1.08 bits per heavy atom. The van der Waals surface area contributed by atoms with Crippen LogP contribution in [0.25, 0.3) is 10.8 Å². The molecule has 0 saturated heterocycles. The minimum Gasteiger partial charge on any atom is -1.00 e. The average Bonchev–Trinajstić information content (AvgIpc) is 2.07. The van der Waals surface area contributed by atoms with Crippen LogP contribution in [0.2, 0.25) is 0 Å². The first kappa shape index (κ1) is 9.84. The summed E-state index contributed by atoms with van der Waals surface area (Å²) >= 11 is 0. The summed E-state index contributed by atoms with van der Waals surface area (Å²) in [5, 5.41) is 11.4. The Morgan fingerprint density at radius 3 is 2.62 bits per heavy atom. The Kier molecular flexibility index (Phi) is 2.76. The van der Waals surface area contributed by atoms with Crippen molar-refractivity contribution < 1.29 is 23.2 Å². The van der Waals surface area contributed by atoms with E-state index in [0.29, 0.717) is 5.75 Å². The number of hydrogen-bond donors (Lipinski definition) is 2. The number of phenolic OH excluding ortho intramolecular Hbond substituents is 1. The van der Waals surface area contributed by atoms with Crippen molar-refractivity contribution in [2.24, 2.45) is 0 Å². The lowest BCUT2D eigenvalue weighted by atomic mass is 10.1. The van der Waals surface area contributed by atoms with Crippen LogP contribution in [0.5, 0.6) is 5.75 Å². The van der Waals surface area contributed by atoms with Crippen molar-refractivity contribution in [3.05, 3.63) is 36.4 Å². The molecule has 2 rings (SSSR count). The first-order chi connectivity index (χ1) is 5.77. The zero-order chi connectivity index (χ0) is 8.55. The van der Waals surface area contributed by atoms with E-state index in [1.165, 1.54) is 0 Å². The zero-order valence-corrected chi connectivity index (χ0v) is 7.75. The summed E-state index contributed by atoms with van der Waals surface area (Å²) in [5.41, 5.74) is 4.72. The fraction of sp³-hybridized carbons (Fsp3) is 0. The van der Waals surface area contributed by atoms with E-state index in [1.54, 1.807) is 6.07 Å². The lowest BCUT2D eigenvalue weighted by Crippen LogP contribution is -3.00. The number of rotatable bonds is 0. The number of halogens is 1. The van der Waals surface area contributed by atoms with E-state index < -0.39 is 0 Å². The lowest BCUT2D eigenvalue weighted by molar-refractivity contribution is -0.254. The van der Waals surface area contributed by atoms with Gasteiger partial charge in [-0.3, -0.25) is 0 Å². The van der Waals surface area contributed by atoms with Crippen LogP contribution in [0.15, 0.2) is 36.4 Å². The quantitative estimate of drug-likeness (QED) is 0.524. The molecule has 0 radical (unpaired) electrons. The number of hydrogen-bond acceptors (Lipinski definition) is 1. The molecule has 0 aromatic heterocycles. The molecular weight excluding hydrogens is 186 g/mol. The zero-order valence-electron chi connectivity index (χ0n) is 7.00. The van der Waals surface area contributed by atoms with Gasteiger partial charge in [0.1, 0.15) is 11.4 Å². The van der Waals surface area contributed by atoms with Crippen molar-refractivity contribution >= 4 is 16.5 Å². The molecule has 0 spiro atoms. The van der Waals surface area contributed by atoms with Crippen LogP contribution < -0.4 is 18.1 Å². The van der Waals surface area contributed by atoms with Crippen LogP contribution in [0.1, 0.15) is 0 Å². The Labute approximate surface area is 82.4 Å². The molecule has 0 atom stereocenters. The molecule has 0 aliphatic carbocycles. The van der Waals surface area contributed by atoms with Crippen molar-refractivity contribution in [2.75, 3.05) is 0 Å². The van der Waals surface area contributed by atoms with Gasteiger partial charge < -0.3 is 23.2 Å². The standard InChI is InChI=1S/C10H9NO.ClH/c11-8-5-4-7-2-1-3-10(12)9(7)6-8;/h1-6,12H,11H2;1H. The van der Waals surface area contributed by atoms with Crippen molar-refractivity contribution in [1.82, 2.24) is 0 Å². The Hall–Kier alpha value is -1.25. The van der Waals surface area contributed by atoms with Crippen LogP contribution >= 0.6 is 0 Å². The van der Waals surface area contributed by atoms with Crippen molar-refractivity contribution in [3.63, 3.8) is 0 Å². The number of benzene rings is 2. The van der Waals surface area contributed by atoms with Gasteiger partial charge in [-0.2, -0.15) is 0 Å². The summed E-state index contributed by atoms with van der Waals surface area (Å²) in [6.07, 6.45) is 0. The average molecular weight is 196 g/mol. The molecule has 13 heavy (non-hydrogen) atoms. The van der Waals surface area contributed by atoms with Gasteiger partial charge in [0.25, 0.3) is 0 Å². The molecule has 0 unspecified atom stereocenters. The number of fused-ring (bicyclic) bond motifs is 1. The third-order valence-electron chi connectivity index (χ3n) is 1.92. The highest BCUT2D eigenvalue weighted by Gasteiger charge is 1.99. The molecule has 2 nitrogen and oxygen atoms in total. The van der Waals surface area contributed by atoms with Crippen LogP contribution in [-0.4, -0.2) is 5.11 Å². The monoisotopic (exact) mass is 195 g/mol. The smallest absolute Gasteiger partial charge is 0.128 e. The Balaban J connectivity index is 0.000000845. The normalized spacial score (nSPS) is 9.62. The van der Waals surface area contributed by atoms with Gasteiger partial charge in [-0.1, -0.05) is 12.1 Å². The maximum absolute atomic E-state index is 9.47. The molecular formula is C10H10ClNO. The molecule has 0 amide bonds. The molecule has 0 fully saturated rings. The number of phenols is 1. The SMILES string of the molecule is [Cl-].[NH3+]c1ccc2cccc(O)c2c1. The summed E-state index contributed by atoms with van der Waals surface area (Å²) in [5.74, 6) is 0.318. The fourth-order valence-corrected chi connectivity index (χ4v) is 1.30. The Morgan fingerprint density at radius 2 is 1.85 bits per heavy atom. The van der Waals surface area contributed by atoms with Crippen LogP contribution in [0.3, 0.4) is 0 Å². The molecule has 0 aliphatic rings. The highest BCUT2D eigenvalue weighted by atomic mass is 35.5. The van der Waals surface area contributed by atoms with E-state index in [0.717, 1.165) is 16.5 Å². The van der Waals surface area contributed by atoms with Gasteiger partial charge in [-0.15, -0.1) is 0 Å². The van der Waals surface area contributed by atoms with E-state index in [9.17, 15) is 5.11 Å². The molecule has 0 heterocycles. The summed E-state index contributed by atoms with van der Waals surface area (Å²) < 4.78 is 0. The summed E-state index contributed by atoms with van der Waals surface area (Å²) in [7, 11) is 0. The third kappa shape index (κ3) is 1.74. The van der Waals surface area contributed by atoms with Crippen molar-refractivity contribution in [2.45, 2.75) is 0 Å². The van der Waals surface area contributed by atoms with E-state index in [4.69, 9.17) is 0 Å². The molecule has 0 saturated carbocycles. The third-order valence-corrected chi connectivity index (χ3v) is 1.92. The molecule has 3 heteroatoms. The van der Waals surface area contributed by atoms with E-state index in [-0.39, 0.29) is 12.4 Å². The molecule has 0 aliphatic heterocycles. The molecule has 2 aromatic rings. The maximum atomic E-state index is 9.47. The van der Waals surface area contributed by atoms with E-state index >= 15 is 0 Å². The second-order valence-corrected chi connectivity index (χ2v) is 2.83. The van der Waals surface area contributed by atoms with Crippen LogP contribution in [-0.2, 0) is 0 Å². The van der Waals surface area contributed by atoms with Crippen molar-refractivity contribution in [3.8, 4) is 5.75 Å². The predicted octanol–water partition coefficient (Wildman–Crippen LogP) is -1.58. The van der Waals surface area contributed by atoms with Gasteiger partial charge in [0.2, 0.25) is 0 Å². The predicted molar refractivity (Wildman–Crippen MR) is 48.2 cm³/mol. The molecule has 4 N–H and O–H groups in total. The van der Waals surface area contributed by atoms with Gasteiger partial charge in [0, 0.05) is 11.5 Å². The summed E-state index contributed by atoms with van der Waals surface area (Å²) in [6, 6.07) is 11.3. The minimum absolute atomic E-state index is 0. The first-order valence-corrected chi connectivity index (χ1v) is 3.81. The summed E-state index contributed by atoms with van der Waals surface area (Å²) in [4.78, 5) is 0. The van der Waals surface area contributed by atoms with E-state index in [1.807, 2.05) is 30.3 Å². The van der Waals surface area contributed by atoms with Gasteiger partial charge in [0.05, 0.1) is 0 Å². The number of quaternary nitrogens is 1. The number of aromatic hydroxyl groups is 1. The van der Waals surface area contributed by atoms with Gasteiger partial charge in [0.15, 0.2) is 0 Å². The Bertz CT molecular complexity index is 428. The highest BCUT2D eigenvalue weighted by Crippen LogP contribution is 2.25. The molecule has 0 bridgehead atoms. The van der Waals surface area contributed by atoms with Crippen LogP contribution in [0, 0.1) is 0 Å². The second-order valence-electron chi connectivity index (χ2n) is 2.83. The topological polar surface area (TPSA) is 47.9 Å². The first-order valence-electron chi connectivity index (χ1n) is 3.81. The van der Waals surface area contributed by atoms with Crippen molar-refractivity contribution in [1.29, 1.82) is 0 Å². The van der Waals surface area contributed by atoms with E-state index in [2.05, 4.69) is 5.73 Å². The molecule has 2 aromatic carbocycles.